The molecule has 0 radical (unpaired) electrons. The molecule has 6 aromatic rings. The monoisotopic (exact) mass is 424 g/mol. The Labute approximate surface area is 192 Å². The summed E-state index contributed by atoms with van der Waals surface area (Å²) in [4.78, 5) is 0. The zero-order valence-corrected chi connectivity index (χ0v) is 17.9. The Morgan fingerprint density at radius 1 is 0.788 bits per heavy atom. The first-order valence-corrected chi connectivity index (χ1v) is 10.9. The van der Waals surface area contributed by atoms with Gasteiger partial charge in [-0.25, -0.2) is 0 Å². The highest BCUT2D eigenvalue weighted by Gasteiger charge is 2.11. The summed E-state index contributed by atoms with van der Waals surface area (Å²) < 4.78 is 2.20. The summed E-state index contributed by atoms with van der Waals surface area (Å²) in [5, 5.41) is 15.9. The van der Waals surface area contributed by atoms with Crippen molar-refractivity contribution >= 4 is 33.2 Å². The molecule has 4 nitrogen and oxygen atoms in total. The summed E-state index contributed by atoms with van der Waals surface area (Å²) in [7, 11) is 0. The molecule has 0 saturated heterocycles. The van der Waals surface area contributed by atoms with Crippen LogP contribution in [0.15, 0.2) is 103 Å². The molecule has 0 spiro atoms. The van der Waals surface area contributed by atoms with E-state index in [1.807, 2.05) is 36.4 Å². The second-order valence-electron chi connectivity index (χ2n) is 7.96. The molecule has 0 aliphatic rings. The van der Waals surface area contributed by atoms with E-state index in [1.54, 1.807) is 0 Å². The fourth-order valence-electron chi connectivity index (χ4n) is 4.22. The first-order valence-electron chi connectivity index (χ1n) is 10.9. The topological polar surface area (TPSA) is 42.7 Å². The van der Waals surface area contributed by atoms with Crippen molar-refractivity contribution in [2.45, 2.75) is 6.42 Å². The molecule has 2 heterocycles. The van der Waals surface area contributed by atoms with Crippen LogP contribution in [0, 0.1) is 12.1 Å². The normalized spacial score (nSPS) is 10.9. The van der Waals surface area contributed by atoms with E-state index in [-0.39, 0.29) is 0 Å². The first kappa shape index (κ1) is 19.1. The van der Waals surface area contributed by atoms with E-state index >= 15 is 0 Å². The molecular formula is C29H20N4. The molecular weight excluding hydrogens is 404 g/mol. The number of aromatic nitrogens is 3. The summed E-state index contributed by atoms with van der Waals surface area (Å²) in [5.41, 5.74) is 5.27. The lowest BCUT2D eigenvalue weighted by Crippen LogP contribution is -2.02. The standard InChI is InChI=1S/C29H20N4/c1-3-9-21(10-4-1)19-27-25-13-7-8-14-26(25)29(32-31-27)30-23-15-16-28-22(20-23)17-18-33(28)24-11-5-2-6-12-24/h1-3,5-9,11-18,20H,19H2,(H,30,32). The van der Waals surface area contributed by atoms with E-state index in [4.69, 9.17) is 0 Å². The number of hydrogen-bond donors (Lipinski definition) is 1. The highest BCUT2D eigenvalue weighted by molar-refractivity contribution is 5.95. The highest BCUT2D eigenvalue weighted by atomic mass is 15.2. The molecule has 4 heteroatoms. The Morgan fingerprint density at radius 2 is 1.64 bits per heavy atom. The zero-order valence-electron chi connectivity index (χ0n) is 17.9. The molecule has 0 unspecified atom stereocenters. The highest BCUT2D eigenvalue weighted by Crippen LogP contribution is 2.29. The predicted molar refractivity (Wildman–Crippen MR) is 133 cm³/mol. The van der Waals surface area contributed by atoms with Crippen LogP contribution in [0.2, 0.25) is 0 Å². The third-order valence-electron chi connectivity index (χ3n) is 5.82. The van der Waals surface area contributed by atoms with Gasteiger partial charge in [0, 0.05) is 45.7 Å². The van der Waals surface area contributed by atoms with Gasteiger partial charge in [-0.05, 0) is 48.5 Å². The predicted octanol–water partition coefficient (Wildman–Crippen LogP) is 6.51. The lowest BCUT2D eigenvalue weighted by molar-refractivity contribution is 0.963. The van der Waals surface area contributed by atoms with Crippen molar-refractivity contribution in [1.82, 2.24) is 14.8 Å². The molecule has 33 heavy (non-hydrogen) atoms. The maximum atomic E-state index is 4.55. The minimum absolute atomic E-state index is 0.671. The summed E-state index contributed by atoms with van der Waals surface area (Å²) in [6.07, 6.45) is 2.77. The molecule has 6 rings (SSSR count). The molecule has 156 valence electrons. The Kier molecular flexibility index (Phi) is 4.71. The van der Waals surface area contributed by atoms with Crippen LogP contribution in [0.3, 0.4) is 0 Å². The van der Waals surface area contributed by atoms with E-state index in [1.165, 1.54) is 0 Å². The van der Waals surface area contributed by atoms with Crippen LogP contribution >= 0.6 is 0 Å². The number of anilines is 2. The van der Waals surface area contributed by atoms with Crippen molar-refractivity contribution in [3.8, 4) is 5.69 Å². The molecule has 4 aromatic carbocycles. The number of benzene rings is 3. The molecule has 0 bridgehead atoms. The van der Waals surface area contributed by atoms with E-state index in [0.717, 1.165) is 50.1 Å². The van der Waals surface area contributed by atoms with Crippen molar-refractivity contribution in [3.05, 3.63) is 127 Å². The summed E-state index contributed by atoms with van der Waals surface area (Å²) >= 11 is 0. The van der Waals surface area contributed by atoms with E-state index < -0.39 is 0 Å². The van der Waals surface area contributed by atoms with Crippen LogP contribution in [-0.2, 0) is 6.42 Å². The molecule has 0 saturated carbocycles. The van der Waals surface area contributed by atoms with Crippen molar-refractivity contribution < 1.29 is 0 Å². The number of para-hydroxylation sites is 1. The van der Waals surface area contributed by atoms with Crippen LogP contribution in [-0.4, -0.2) is 14.8 Å². The third kappa shape index (κ3) is 3.66. The Bertz CT molecular complexity index is 1550. The van der Waals surface area contributed by atoms with Gasteiger partial charge in [0.25, 0.3) is 0 Å². The average molecular weight is 425 g/mol. The van der Waals surface area contributed by atoms with E-state index in [2.05, 4.69) is 99.1 Å². The van der Waals surface area contributed by atoms with Gasteiger partial charge in [0.2, 0.25) is 0 Å². The van der Waals surface area contributed by atoms with Gasteiger partial charge in [-0.3, -0.25) is 0 Å². The van der Waals surface area contributed by atoms with E-state index in [9.17, 15) is 0 Å². The molecule has 0 atom stereocenters. The smallest absolute Gasteiger partial charge is 0.160 e. The molecule has 2 aromatic heterocycles. The quantitative estimate of drug-likeness (QED) is 0.343. The van der Waals surface area contributed by atoms with Crippen LogP contribution in [0.5, 0.6) is 0 Å². The second-order valence-corrected chi connectivity index (χ2v) is 7.96. The van der Waals surface area contributed by atoms with Crippen LogP contribution in [0.1, 0.15) is 11.3 Å². The molecule has 0 aliphatic carbocycles. The lowest BCUT2D eigenvalue weighted by Gasteiger charge is -2.11. The molecule has 0 aliphatic heterocycles. The van der Waals surface area contributed by atoms with Gasteiger partial charge in [-0.1, -0.05) is 60.7 Å². The number of nitrogens with one attached hydrogen (secondary N) is 1. The maximum Gasteiger partial charge on any atom is 0.160 e. The minimum Gasteiger partial charge on any atom is -0.338 e. The second kappa shape index (κ2) is 8.14. The van der Waals surface area contributed by atoms with Gasteiger partial charge in [0.15, 0.2) is 5.82 Å². The first-order chi connectivity index (χ1) is 16.3. The zero-order chi connectivity index (χ0) is 22.0. The van der Waals surface area contributed by atoms with Gasteiger partial charge in [-0.15, -0.1) is 5.10 Å². The van der Waals surface area contributed by atoms with Crippen LogP contribution < -0.4 is 5.32 Å². The third-order valence-corrected chi connectivity index (χ3v) is 5.82. The molecule has 1 N–H and O–H groups in total. The van der Waals surface area contributed by atoms with Crippen molar-refractivity contribution in [2.24, 2.45) is 0 Å². The fourth-order valence-corrected chi connectivity index (χ4v) is 4.22. The average Bonchev–Trinajstić information content (AvgIpc) is 3.30. The Morgan fingerprint density at radius 3 is 2.48 bits per heavy atom. The number of hydrogen-bond acceptors (Lipinski definition) is 3. The van der Waals surface area contributed by atoms with Crippen molar-refractivity contribution in [3.63, 3.8) is 0 Å². The largest absolute Gasteiger partial charge is 0.338 e. The van der Waals surface area contributed by atoms with Gasteiger partial charge in [-0.2, -0.15) is 5.10 Å². The van der Waals surface area contributed by atoms with Gasteiger partial charge in [0.05, 0.1) is 11.2 Å². The van der Waals surface area contributed by atoms with Crippen molar-refractivity contribution in [2.75, 3.05) is 5.32 Å². The molecule has 0 amide bonds. The summed E-state index contributed by atoms with van der Waals surface area (Å²) in [5.74, 6) is 0.750. The summed E-state index contributed by atoms with van der Waals surface area (Å²) in [6, 6.07) is 39.1. The Hall–Kier alpha value is -4.62. The number of fused-ring (bicyclic) bond motifs is 2. The van der Waals surface area contributed by atoms with Crippen LogP contribution in [0.4, 0.5) is 11.5 Å². The summed E-state index contributed by atoms with van der Waals surface area (Å²) in [6.45, 7) is 0. The van der Waals surface area contributed by atoms with Gasteiger partial charge < -0.3 is 9.88 Å². The van der Waals surface area contributed by atoms with Crippen molar-refractivity contribution in [1.29, 1.82) is 0 Å². The van der Waals surface area contributed by atoms with Gasteiger partial charge in [0.1, 0.15) is 0 Å². The maximum absolute atomic E-state index is 4.55. The molecule has 0 fully saturated rings. The van der Waals surface area contributed by atoms with E-state index in [0.29, 0.717) is 6.42 Å². The van der Waals surface area contributed by atoms with Crippen LogP contribution in [0.25, 0.3) is 27.4 Å². The minimum atomic E-state index is 0.671. The fraction of sp³-hybridized carbons (Fsp3) is 0.0345. The Balaban J connectivity index is 1.34. The lowest BCUT2D eigenvalue weighted by atomic mass is 10.1. The number of nitrogens with zero attached hydrogens (tertiary/aromatic N) is 3. The van der Waals surface area contributed by atoms with Gasteiger partial charge >= 0.3 is 0 Å². The SMILES string of the molecule is c1cccc(Cc2nnc(Nc3ccc4c(ccn4-c4ccccc4)c3)c3ccccc23)c#1. The number of rotatable bonds is 5.